The van der Waals surface area contributed by atoms with Crippen LogP contribution >= 0.6 is 0 Å². The first-order chi connectivity index (χ1) is 4.76. The van der Waals surface area contributed by atoms with Crippen molar-refractivity contribution in [1.29, 1.82) is 0 Å². The van der Waals surface area contributed by atoms with E-state index in [1.54, 1.807) is 7.11 Å². The van der Waals surface area contributed by atoms with Crippen LogP contribution in [0, 0.1) is 5.92 Å². The number of rotatable bonds is 5. The van der Waals surface area contributed by atoms with Crippen molar-refractivity contribution in [1.82, 2.24) is 0 Å². The lowest BCUT2D eigenvalue weighted by Crippen LogP contribution is -2.18. The van der Waals surface area contributed by atoms with Crippen LogP contribution in [0.15, 0.2) is 0 Å². The molecule has 0 amide bonds. The molecule has 2 atom stereocenters. The van der Waals surface area contributed by atoms with Gasteiger partial charge in [0.2, 0.25) is 0 Å². The van der Waals surface area contributed by atoms with E-state index in [0.717, 1.165) is 5.92 Å². The molecule has 0 aliphatic rings. The summed E-state index contributed by atoms with van der Waals surface area (Å²) < 4.78 is 5.26. The maximum Gasteiger partial charge on any atom is 0.0571 e. The van der Waals surface area contributed by atoms with Crippen molar-refractivity contribution in [2.75, 3.05) is 7.11 Å². The van der Waals surface area contributed by atoms with E-state index in [1.807, 2.05) is 0 Å². The largest absolute Gasteiger partial charge is 0.381 e. The zero-order valence-corrected chi connectivity index (χ0v) is 7.68. The molecule has 1 heteroatoms. The summed E-state index contributed by atoms with van der Waals surface area (Å²) in [5.74, 6) is 0.759. The minimum Gasteiger partial charge on any atom is -0.381 e. The topological polar surface area (TPSA) is 9.23 Å². The van der Waals surface area contributed by atoms with Gasteiger partial charge < -0.3 is 4.74 Å². The fourth-order valence-corrected chi connectivity index (χ4v) is 1.33. The summed E-state index contributed by atoms with van der Waals surface area (Å²) in [5.41, 5.74) is 0. The van der Waals surface area contributed by atoms with Crippen LogP contribution in [0.1, 0.15) is 40.0 Å². The van der Waals surface area contributed by atoms with Crippen LogP contribution < -0.4 is 0 Å². The summed E-state index contributed by atoms with van der Waals surface area (Å²) in [6.07, 6.45) is 4.24. The Morgan fingerprint density at radius 2 is 1.90 bits per heavy atom. The smallest absolute Gasteiger partial charge is 0.0571 e. The summed E-state index contributed by atoms with van der Waals surface area (Å²) in [7, 11) is 1.79. The van der Waals surface area contributed by atoms with Crippen molar-refractivity contribution in [2.45, 2.75) is 46.1 Å². The summed E-state index contributed by atoms with van der Waals surface area (Å²) in [5, 5.41) is 0. The van der Waals surface area contributed by atoms with Crippen LogP contribution in [0.4, 0.5) is 0 Å². The van der Waals surface area contributed by atoms with E-state index in [1.165, 1.54) is 19.3 Å². The minimum absolute atomic E-state index is 0.435. The molecule has 0 aromatic rings. The molecule has 0 aromatic heterocycles. The molecule has 0 rings (SSSR count). The Balaban J connectivity index is 3.56. The summed E-state index contributed by atoms with van der Waals surface area (Å²) in [4.78, 5) is 0. The highest BCUT2D eigenvalue weighted by Gasteiger charge is 2.12. The second-order valence-electron chi connectivity index (χ2n) is 2.90. The molecule has 10 heavy (non-hydrogen) atoms. The minimum atomic E-state index is 0.435. The predicted octanol–water partition coefficient (Wildman–Crippen LogP) is 2.85. The van der Waals surface area contributed by atoms with Gasteiger partial charge in [0, 0.05) is 7.11 Å². The average molecular weight is 144 g/mol. The van der Waals surface area contributed by atoms with Crippen molar-refractivity contribution in [3.05, 3.63) is 0 Å². The molecule has 0 aromatic carbocycles. The molecule has 0 aliphatic heterocycles. The number of ether oxygens (including phenoxy) is 1. The zero-order valence-electron chi connectivity index (χ0n) is 7.68. The van der Waals surface area contributed by atoms with Gasteiger partial charge in [-0.15, -0.1) is 0 Å². The first-order valence-electron chi connectivity index (χ1n) is 4.29. The van der Waals surface area contributed by atoms with Gasteiger partial charge in [0.05, 0.1) is 6.10 Å². The molecule has 0 N–H and O–H groups in total. The Bertz CT molecular complexity index is 71.1. The van der Waals surface area contributed by atoms with Crippen LogP contribution in [0.5, 0.6) is 0 Å². The van der Waals surface area contributed by atoms with E-state index < -0.39 is 0 Å². The van der Waals surface area contributed by atoms with Gasteiger partial charge in [0.25, 0.3) is 0 Å². The monoisotopic (exact) mass is 144 g/mol. The Kier molecular flexibility index (Phi) is 5.70. The summed E-state index contributed by atoms with van der Waals surface area (Å²) >= 11 is 0. The van der Waals surface area contributed by atoms with Crippen LogP contribution in [0.2, 0.25) is 0 Å². The second kappa shape index (κ2) is 5.72. The van der Waals surface area contributed by atoms with Crippen LogP contribution in [-0.4, -0.2) is 13.2 Å². The quantitative estimate of drug-likeness (QED) is 0.576. The van der Waals surface area contributed by atoms with Crippen molar-refractivity contribution < 1.29 is 4.74 Å². The van der Waals surface area contributed by atoms with Gasteiger partial charge in [-0.1, -0.05) is 26.7 Å². The van der Waals surface area contributed by atoms with Gasteiger partial charge in [0.1, 0.15) is 0 Å². The van der Waals surface area contributed by atoms with Gasteiger partial charge in [-0.3, -0.25) is 0 Å². The Labute approximate surface area is 64.8 Å². The SMILES string of the molecule is CCCC(CC)C(C)OC. The van der Waals surface area contributed by atoms with Crippen molar-refractivity contribution in [2.24, 2.45) is 5.92 Å². The molecule has 0 aliphatic carbocycles. The van der Waals surface area contributed by atoms with Crippen LogP contribution in [0.25, 0.3) is 0 Å². The molecule has 0 saturated carbocycles. The first kappa shape index (κ1) is 9.96. The van der Waals surface area contributed by atoms with Crippen molar-refractivity contribution in [3.8, 4) is 0 Å². The standard InChI is InChI=1S/C9H20O/c1-5-7-9(6-2)8(3)10-4/h8-9H,5-7H2,1-4H3. The Morgan fingerprint density at radius 3 is 2.20 bits per heavy atom. The third-order valence-corrected chi connectivity index (χ3v) is 2.22. The third kappa shape index (κ3) is 3.21. The lowest BCUT2D eigenvalue weighted by atomic mass is 9.95. The number of methoxy groups -OCH3 is 1. The lowest BCUT2D eigenvalue weighted by Gasteiger charge is -2.20. The van der Waals surface area contributed by atoms with Gasteiger partial charge >= 0.3 is 0 Å². The van der Waals surface area contributed by atoms with E-state index in [0.29, 0.717) is 6.10 Å². The molecule has 0 saturated heterocycles. The first-order valence-corrected chi connectivity index (χ1v) is 4.29. The van der Waals surface area contributed by atoms with Crippen molar-refractivity contribution >= 4 is 0 Å². The number of hydrogen-bond acceptors (Lipinski definition) is 1. The molecular weight excluding hydrogens is 124 g/mol. The molecule has 0 spiro atoms. The van der Waals surface area contributed by atoms with Gasteiger partial charge in [-0.2, -0.15) is 0 Å². The van der Waals surface area contributed by atoms with E-state index >= 15 is 0 Å². The highest BCUT2D eigenvalue weighted by Crippen LogP contribution is 2.16. The highest BCUT2D eigenvalue weighted by atomic mass is 16.5. The normalized spacial score (nSPS) is 16.8. The third-order valence-electron chi connectivity index (χ3n) is 2.22. The van der Waals surface area contributed by atoms with Crippen molar-refractivity contribution in [3.63, 3.8) is 0 Å². The fourth-order valence-electron chi connectivity index (χ4n) is 1.33. The fraction of sp³-hybridized carbons (Fsp3) is 1.00. The summed E-state index contributed by atoms with van der Waals surface area (Å²) in [6.45, 7) is 6.62. The molecule has 62 valence electrons. The molecule has 0 fully saturated rings. The average Bonchev–Trinajstić information content (AvgIpc) is 1.99. The van der Waals surface area contributed by atoms with Crippen LogP contribution in [0.3, 0.4) is 0 Å². The molecular formula is C9H20O. The molecule has 2 unspecified atom stereocenters. The van der Waals surface area contributed by atoms with Crippen LogP contribution in [-0.2, 0) is 4.74 Å². The molecule has 0 heterocycles. The molecule has 0 bridgehead atoms. The Hall–Kier alpha value is -0.0400. The van der Waals surface area contributed by atoms with E-state index in [4.69, 9.17) is 4.74 Å². The van der Waals surface area contributed by atoms with Gasteiger partial charge in [-0.25, -0.2) is 0 Å². The maximum atomic E-state index is 5.26. The highest BCUT2D eigenvalue weighted by molar-refractivity contribution is 4.63. The zero-order chi connectivity index (χ0) is 7.98. The van der Waals surface area contributed by atoms with Gasteiger partial charge in [0.15, 0.2) is 0 Å². The molecule has 0 radical (unpaired) electrons. The Morgan fingerprint density at radius 1 is 1.30 bits per heavy atom. The molecule has 1 nitrogen and oxygen atoms in total. The second-order valence-corrected chi connectivity index (χ2v) is 2.90. The predicted molar refractivity (Wildman–Crippen MR) is 45.2 cm³/mol. The van der Waals surface area contributed by atoms with Gasteiger partial charge in [-0.05, 0) is 19.3 Å². The number of hydrogen-bond donors (Lipinski definition) is 0. The van der Waals surface area contributed by atoms with E-state index in [9.17, 15) is 0 Å². The van der Waals surface area contributed by atoms with E-state index in [2.05, 4.69) is 20.8 Å². The lowest BCUT2D eigenvalue weighted by molar-refractivity contribution is 0.0611. The maximum absolute atomic E-state index is 5.26. The van der Waals surface area contributed by atoms with E-state index in [-0.39, 0.29) is 0 Å². The summed E-state index contributed by atoms with van der Waals surface area (Å²) in [6, 6.07) is 0.